The van der Waals surface area contributed by atoms with Crippen molar-refractivity contribution in [3.63, 3.8) is 0 Å². The third kappa shape index (κ3) is 3.07. The molecule has 130 valence electrons. The zero-order valence-corrected chi connectivity index (χ0v) is 15.4. The summed E-state index contributed by atoms with van der Waals surface area (Å²) < 4.78 is 0. The van der Waals surface area contributed by atoms with Crippen LogP contribution in [0.1, 0.15) is 40.2 Å². The van der Waals surface area contributed by atoms with Crippen LogP contribution < -0.4 is 5.43 Å². The number of hydrogen-bond donors (Lipinski definition) is 2. The zero-order chi connectivity index (χ0) is 17.4. The summed E-state index contributed by atoms with van der Waals surface area (Å²) in [6, 6.07) is 3.98. The number of hydrazone groups is 1. The molecule has 2 aliphatic rings. The summed E-state index contributed by atoms with van der Waals surface area (Å²) >= 11 is 1.60. The second kappa shape index (κ2) is 6.61. The number of fused-ring (bicyclic) bond motifs is 1. The number of nitrogens with zero attached hydrogens (tertiary/aromatic N) is 2. The van der Waals surface area contributed by atoms with Gasteiger partial charge in [-0.2, -0.15) is 5.10 Å². The maximum absolute atomic E-state index is 12.3. The Hall–Kier alpha value is -2.18. The molecule has 0 saturated carbocycles. The molecule has 0 saturated heterocycles. The van der Waals surface area contributed by atoms with Gasteiger partial charge in [0.15, 0.2) is 0 Å². The van der Waals surface area contributed by atoms with Crippen molar-refractivity contribution >= 4 is 29.0 Å². The standard InChI is InChI=1S/C19H22N4OS/c1-23(2)11-14-12-6-3-4-7-15(12)20-16(14)10-13-18(21-22-19(13)24)17-8-5-9-25-17/h5,8-10,20H,3-4,6-7,11H2,1-2H3,(H,22,24)/b13-10+. The van der Waals surface area contributed by atoms with Crippen molar-refractivity contribution in [3.05, 3.63) is 50.5 Å². The van der Waals surface area contributed by atoms with Gasteiger partial charge in [0.1, 0.15) is 5.71 Å². The van der Waals surface area contributed by atoms with Crippen molar-refractivity contribution in [2.45, 2.75) is 32.2 Å². The Morgan fingerprint density at radius 3 is 2.92 bits per heavy atom. The third-order valence-corrected chi connectivity index (χ3v) is 5.61. The van der Waals surface area contributed by atoms with Gasteiger partial charge in [-0.25, -0.2) is 5.43 Å². The first-order chi connectivity index (χ1) is 12.1. The van der Waals surface area contributed by atoms with E-state index >= 15 is 0 Å². The zero-order valence-electron chi connectivity index (χ0n) is 14.6. The molecule has 1 amide bonds. The Morgan fingerprint density at radius 2 is 2.16 bits per heavy atom. The van der Waals surface area contributed by atoms with Gasteiger partial charge in [0.2, 0.25) is 0 Å². The van der Waals surface area contributed by atoms with Crippen LogP contribution in [0.15, 0.2) is 28.2 Å². The highest BCUT2D eigenvalue weighted by atomic mass is 32.1. The lowest BCUT2D eigenvalue weighted by molar-refractivity contribution is -0.116. The Balaban J connectivity index is 1.78. The van der Waals surface area contributed by atoms with Gasteiger partial charge in [0.05, 0.1) is 10.5 Å². The number of nitrogens with one attached hydrogen (secondary N) is 2. The fourth-order valence-corrected chi connectivity index (χ4v) is 4.34. The van der Waals surface area contributed by atoms with E-state index in [0.717, 1.165) is 35.7 Å². The summed E-state index contributed by atoms with van der Waals surface area (Å²) in [6.45, 7) is 0.873. The van der Waals surface area contributed by atoms with Gasteiger partial charge in [0.25, 0.3) is 5.91 Å². The predicted molar refractivity (Wildman–Crippen MR) is 102 cm³/mol. The van der Waals surface area contributed by atoms with Gasteiger partial charge < -0.3 is 9.88 Å². The van der Waals surface area contributed by atoms with E-state index in [4.69, 9.17) is 0 Å². The maximum Gasteiger partial charge on any atom is 0.273 e. The first-order valence-electron chi connectivity index (χ1n) is 8.65. The van der Waals surface area contributed by atoms with E-state index in [9.17, 15) is 4.79 Å². The molecule has 4 rings (SSSR count). The lowest BCUT2D eigenvalue weighted by Gasteiger charge is -2.15. The van der Waals surface area contributed by atoms with E-state index in [0.29, 0.717) is 5.57 Å². The van der Waals surface area contributed by atoms with Gasteiger partial charge in [-0.3, -0.25) is 4.79 Å². The quantitative estimate of drug-likeness (QED) is 0.830. The highest BCUT2D eigenvalue weighted by Crippen LogP contribution is 2.30. The van der Waals surface area contributed by atoms with Gasteiger partial charge in [0, 0.05) is 17.9 Å². The normalized spacial score (nSPS) is 18.6. The Bertz CT molecular complexity index is 858. The van der Waals surface area contributed by atoms with Crippen molar-refractivity contribution in [1.82, 2.24) is 15.3 Å². The van der Waals surface area contributed by atoms with Gasteiger partial charge >= 0.3 is 0 Å². The minimum absolute atomic E-state index is 0.133. The molecule has 0 bridgehead atoms. The molecular weight excluding hydrogens is 332 g/mol. The Labute approximate surface area is 151 Å². The summed E-state index contributed by atoms with van der Waals surface area (Å²) in [4.78, 5) is 19.1. The van der Waals surface area contributed by atoms with Crippen LogP contribution in [0.2, 0.25) is 0 Å². The Morgan fingerprint density at radius 1 is 1.32 bits per heavy atom. The van der Waals surface area contributed by atoms with E-state index in [1.807, 2.05) is 23.6 Å². The van der Waals surface area contributed by atoms with Gasteiger partial charge in [-0.15, -0.1) is 11.3 Å². The first kappa shape index (κ1) is 16.3. The molecule has 1 aliphatic carbocycles. The number of carbonyl (C=O) groups is 1. The fourth-order valence-electron chi connectivity index (χ4n) is 3.61. The maximum atomic E-state index is 12.3. The number of aromatic nitrogens is 1. The molecule has 6 heteroatoms. The summed E-state index contributed by atoms with van der Waals surface area (Å²) in [5.41, 5.74) is 9.14. The first-order valence-corrected chi connectivity index (χ1v) is 9.52. The van der Waals surface area contributed by atoms with E-state index in [1.54, 1.807) is 11.3 Å². The molecule has 5 nitrogen and oxygen atoms in total. The van der Waals surface area contributed by atoms with Crippen LogP contribution in [0.25, 0.3) is 6.08 Å². The van der Waals surface area contributed by atoms with E-state index in [1.165, 1.54) is 29.7 Å². The summed E-state index contributed by atoms with van der Waals surface area (Å²) in [5.74, 6) is -0.133. The monoisotopic (exact) mass is 354 g/mol. The molecule has 0 atom stereocenters. The molecule has 2 N–H and O–H groups in total. The number of hydrogen-bond acceptors (Lipinski definition) is 4. The average Bonchev–Trinajstić information content (AvgIpc) is 3.29. The Kier molecular flexibility index (Phi) is 4.31. The lowest BCUT2D eigenvalue weighted by atomic mass is 9.94. The second-order valence-corrected chi connectivity index (χ2v) is 7.80. The number of H-pyrrole nitrogens is 1. The van der Waals surface area contributed by atoms with Crippen LogP contribution in [0.3, 0.4) is 0 Å². The van der Waals surface area contributed by atoms with Gasteiger partial charge in [-0.05, 0) is 68.4 Å². The molecule has 2 aromatic rings. The van der Waals surface area contributed by atoms with Gasteiger partial charge in [-0.1, -0.05) is 6.07 Å². The summed E-state index contributed by atoms with van der Waals surface area (Å²) in [6.07, 6.45) is 6.67. The minimum Gasteiger partial charge on any atom is -0.358 e. The molecule has 1 aliphatic heterocycles. The highest BCUT2D eigenvalue weighted by molar-refractivity contribution is 7.12. The van der Waals surface area contributed by atoms with Crippen molar-refractivity contribution in [2.24, 2.45) is 5.10 Å². The molecule has 0 unspecified atom stereocenters. The van der Waals surface area contributed by atoms with Crippen LogP contribution >= 0.6 is 11.3 Å². The third-order valence-electron chi connectivity index (χ3n) is 4.73. The average molecular weight is 354 g/mol. The van der Waals surface area contributed by atoms with Crippen molar-refractivity contribution in [2.75, 3.05) is 14.1 Å². The molecule has 0 fully saturated rings. The summed E-state index contributed by atoms with van der Waals surface area (Å²) in [5, 5.41) is 6.25. The smallest absolute Gasteiger partial charge is 0.273 e. The van der Waals surface area contributed by atoms with Crippen LogP contribution in [-0.2, 0) is 24.2 Å². The second-order valence-electron chi connectivity index (χ2n) is 6.86. The molecule has 0 spiro atoms. The van der Waals surface area contributed by atoms with E-state index < -0.39 is 0 Å². The molecule has 25 heavy (non-hydrogen) atoms. The number of carbonyl (C=O) groups excluding carboxylic acids is 1. The number of amides is 1. The highest BCUT2D eigenvalue weighted by Gasteiger charge is 2.26. The fraction of sp³-hybridized carbons (Fsp3) is 0.368. The molecule has 0 radical (unpaired) electrons. The predicted octanol–water partition coefficient (Wildman–Crippen LogP) is 2.93. The van der Waals surface area contributed by atoms with Crippen LogP contribution in [0, 0.1) is 0 Å². The van der Waals surface area contributed by atoms with Crippen LogP contribution in [0.5, 0.6) is 0 Å². The number of aryl methyl sites for hydroxylation is 1. The topological polar surface area (TPSA) is 60.5 Å². The van der Waals surface area contributed by atoms with Crippen LogP contribution in [0.4, 0.5) is 0 Å². The molecule has 0 aromatic carbocycles. The lowest BCUT2D eigenvalue weighted by Crippen LogP contribution is -2.15. The number of rotatable bonds is 4. The SMILES string of the molecule is CN(C)Cc1c(/C=C2/C(=O)NN=C2c2cccs2)[nH]c2c1CCCC2. The molecule has 2 aromatic heterocycles. The summed E-state index contributed by atoms with van der Waals surface area (Å²) in [7, 11) is 4.17. The van der Waals surface area contributed by atoms with E-state index in [2.05, 4.69) is 34.5 Å². The number of thiophene rings is 1. The van der Waals surface area contributed by atoms with Crippen LogP contribution in [-0.4, -0.2) is 35.6 Å². The molecular formula is C19H22N4OS. The van der Waals surface area contributed by atoms with Crippen molar-refractivity contribution < 1.29 is 4.79 Å². The van der Waals surface area contributed by atoms with E-state index in [-0.39, 0.29) is 5.91 Å². The molecule has 3 heterocycles. The van der Waals surface area contributed by atoms with Crippen molar-refractivity contribution in [1.29, 1.82) is 0 Å². The largest absolute Gasteiger partial charge is 0.358 e. The number of aromatic amines is 1. The minimum atomic E-state index is -0.133. The van der Waals surface area contributed by atoms with Crippen molar-refractivity contribution in [3.8, 4) is 0 Å².